The molecule has 1 heterocycles. The van der Waals surface area contributed by atoms with Crippen molar-refractivity contribution >= 4 is 11.6 Å². The molecule has 1 nitrogen and oxygen atoms in total. The molecule has 1 unspecified atom stereocenters. The van der Waals surface area contributed by atoms with Gasteiger partial charge in [-0.15, -0.1) is 0 Å². The zero-order chi connectivity index (χ0) is 12.5. The third-order valence-corrected chi connectivity index (χ3v) is 3.54. The lowest BCUT2D eigenvalue weighted by molar-refractivity contribution is 0.0162. The molecule has 1 aromatic carbocycles. The monoisotopic (exact) mass is 259 g/mol. The van der Waals surface area contributed by atoms with Crippen LogP contribution in [0.3, 0.4) is 0 Å². The number of piperidine rings is 1. The Bertz CT molecular complexity index is 395. The van der Waals surface area contributed by atoms with Gasteiger partial charge in [0, 0.05) is 19.0 Å². The molecule has 17 heavy (non-hydrogen) atoms. The Morgan fingerprint density at radius 1 is 1.41 bits per heavy atom. The largest absolute Gasteiger partial charge is 0.316 e. The molecule has 1 fully saturated rings. The third-order valence-electron chi connectivity index (χ3n) is 3.22. The summed E-state index contributed by atoms with van der Waals surface area (Å²) in [5, 5.41) is 3.41. The van der Waals surface area contributed by atoms with Crippen LogP contribution in [-0.2, 0) is 5.92 Å². The van der Waals surface area contributed by atoms with Gasteiger partial charge < -0.3 is 5.32 Å². The molecule has 94 valence electrons. The van der Waals surface area contributed by atoms with Gasteiger partial charge in [-0.3, -0.25) is 0 Å². The number of halogens is 3. The van der Waals surface area contributed by atoms with E-state index < -0.39 is 5.92 Å². The molecule has 2 rings (SSSR count). The van der Waals surface area contributed by atoms with E-state index in [1.165, 1.54) is 6.07 Å². The van der Waals surface area contributed by atoms with Crippen LogP contribution in [0.1, 0.15) is 36.8 Å². The molecule has 0 saturated carbocycles. The minimum atomic E-state index is -2.88. The average Bonchev–Trinajstić information content (AvgIpc) is 2.28. The highest BCUT2D eigenvalue weighted by Gasteiger charge is 2.32. The fourth-order valence-corrected chi connectivity index (χ4v) is 2.81. The second-order valence-corrected chi connectivity index (χ2v) is 5.04. The van der Waals surface area contributed by atoms with E-state index in [9.17, 15) is 8.78 Å². The van der Waals surface area contributed by atoms with Gasteiger partial charge in [0.05, 0.1) is 5.02 Å². The summed E-state index contributed by atoms with van der Waals surface area (Å²) in [5.41, 5.74) is 0.688. The molecule has 0 amide bonds. The summed E-state index contributed by atoms with van der Waals surface area (Å²) >= 11 is 5.93. The van der Waals surface area contributed by atoms with Crippen molar-refractivity contribution in [3.8, 4) is 0 Å². The fraction of sp³-hybridized carbons (Fsp3) is 0.538. The van der Waals surface area contributed by atoms with Crippen LogP contribution in [0.15, 0.2) is 18.2 Å². The Labute approximate surface area is 105 Å². The van der Waals surface area contributed by atoms with Crippen molar-refractivity contribution in [2.45, 2.75) is 31.6 Å². The molecule has 0 spiro atoms. The minimum Gasteiger partial charge on any atom is -0.316 e. The highest BCUT2D eigenvalue weighted by molar-refractivity contribution is 6.31. The predicted molar refractivity (Wildman–Crippen MR) is 65.9 cm³/mol. The second kappa shape index (κ2) is 4.91. The Hall–Kier alpha value is -0.670. The molecule has 1 aliphatic rings. The smallest absolute Gasteiger partial charge is 0.272 e. The van der Waals surface area contributed by atoms with Gasteiger partial charge in [-0.05, 0) is 36.9 Å². The van der Waals surface area contributed by atoms with Crippen molar-refractivity contribution in [1.29, 1.82) is 0 Å². The summed E-state index contributed by atoms with van der Waals surface area (Å²) in [6.07, 6.45) is 1.96. The van der Waals surface area contributed by atoms with Crippen molar-refractivity contribution in [3.63, 3.8) is 0 Å². The molecular weight excluding hydrogens is 244 g/mol. The van der Waals surface area contributed by atoms with E-state index in [-0.39, 0.29) is 16.5 Å². The minimum absolute atomic E-state index is 0.00429. The van der Waals surface area contributed by atoms with E-state index >= 15 is 0 Å². The van der Waals surface area contributed by atoms with Gasteiger partial charge in [-0.25, -0.2) is 8.78 Å². The summed E-state index contributed by atoms with van der Waals surface area (Å²) in [4.78, 5) is 0. The van der Waals surface area contributed by atoms with E-state index in [0.717, 1.165) is 32.9 Å². The molecule has 1 saturated heterocycles. The highest BCUT2D eigenvalue weighted by atomic mass is 35.5. The Balaban J connectivity index is 2.42. The van der Waals surface area contributed by atoms with E-state index in [1.54, 1.807) is 12.1 Å². The van der Waals surface area contributed by atoms with Crippen LogP contribution in [0.4, 0.5) is 8.78 Å². The Morgan fingerprint density at radius 2 is 2.18 bits per heavy atom. The fourth-order valence-electron chi connectivity index (χ4n) is 2.46. The molecule has 1 N–H and O–H groups in total. The molecule has 0 aromatic heterocycles. The third kappa shape index (κ3) is 2.78. The molecule has 1 aromatic rings. The van der Waals surface area contributed by atoms with E-state index in [2.05, 4.69) is 5.32 Å². The molecule has 1 aliphatic heterocycles. The van der Waals surface area contributed by atoms with Gasteiger partial charge in [0.1, 0.15) is 0 Å². The van der Waals surface area contributed by atoms with Crippen molar-refractivity contribution in [3.05, 3.63) is 34.3 Å². The van der Waals surface area contributed by atoms with E-state index in [0.29, 0.717) is 5.56 Å². The average molecular weight is 260 g/mol. The summed E-state index contributed by atoms with van der Waals surface area (Å²) in [5.74, 6) is -2.74. The lowest BCUT2D eigenvalue weighted by Gasteiger charge is -2.27. The first-order chi connectivity index (χ1) is 8.00. The summed E-state index contributed by atoms with van der Waals surface area (Å²) < 4.78 is 27.3. The second-order valence-electron chi connectivity index (χ2n) is 4.64. The van der Waals surface area contributed by atoms with Gasteiger partial charge in [0.2, 0.25) is 0 Å². The number of benzene rings is 1. The number of rotatable bonds is 2. The Morgan fingerprint density at radius 3 is 2.76 bits per heavy atom. The van der Waals surface area contributed by atoms with Gasteiger partial charge in [-0.1, -0.05) is 23.7 Å². The number of hydrogen-bond donors (Lipinski definition) is 1. The molecule has 1 atom stereocenters. The lowest BCUT2D eigenvalue weighted by Crippen LogP contribution is -2.29. The SMILES string of the molecule is CC(F)(F)c1c(Cl)cccc1C1CCCNC1. The molecule has 4 heteroatoms. The quantitative estimate of drug-likeness (QED) is 0.849. The summed E-state index contributed by atoms with van der Waals surface area (Å²) in [6.45, 7) is 2.63. The highest BCUT2D eigenvalue weighted by Crippen LogP contribution is 2.39. The number of alkyl halides is 2. The predicted octanol–water partition coefficient (Wildman–Crippen LogP) is 3.92. The number of hydrogen-bond acceptors (Lipinski definition) is 1. The van der Waals surface area contributed by atoms with Crippen LogP contribution in [0.5, 0.6) is 0 Å². The van der Waals surface area contributed by atoms with Crippen LogP contribution in [0.2, 0.25) is 5.02 Å². The van der Waals surface area contributed by atoms with E-state index in [1.807, 2.05) is 0 Å². The van der Waals surface area contributed by atoms with Crippen LogP contribution in [-0.4, -0.2) is 13.1 Å². The maximum Gasteiger partial charge on any atom is 0.272 e. The Kier molecular flexibility index (Phi) is 3.69. The van der Waals surface area contributed by atoms with Gasteiger partial charge in [-0.2, -0.15) is 0 Å². The molecule has 0 bridgehead atoms. The van der Waals surface area contributed by atoms with Crippen molar-refractivity contribution in [1.82, 2.24) is 5.32 Å². The molecular formula is C13H16ClF2N. The zero-order valence-corrected chi connectivity index (χ0v) is 10.5. The maximum absolute atomic E-state index is 13.6. The first-order valence-electron chi connectivity index (χ1n) is 5.87. The standard InChI is InChI=1S/C13H16ClF2N/c1-13(15,16)12-10(5-2-6-11(12)14)9-4-3-7-17-8-9/h2,5-6,9,17H,3-4,7-8H2,1H3. The normalized spacial score (nSPS) is 21.5. The van der Waals surface area contributed by atoms with Gasteiger partial charge >= 0.3 is 0 Å². The maximum atomic E-state index is 13.6. The van der Waals surface area contributed by atoms with Crippen LogP contribution < -0.4 is 5.32 Å². The molecule has 0 aliphatic carbocycles. The zero-order valence-electron chi connectivity index (χ0n) is 9.77. The van der Waals surface area contributed by atoms with Gasteiger partial charge in [0.25, 0.3) is 5.92 Å². The first-order valence-corrected chi connectivity index (χ1v) is 6.25. The lowest BCUT2D eigenvalue weighted by atomic mass is 9.86. The van der Waals surface area contributed by atoms with Crippen LogP contribution in [0, 0.1) is 0 Å². The topological polar surface area (TPSA) is 12.0 Å². The summed E-state index contributed by atoms with van der Waals surface area (Å²) in [7, 11) is 0. The first kappa shape index (κ1) is 12.8. The van der Waals surface area contributed by atoms with Crippen molar-refractivity contribution in [2.24, 2.45) is 0 Å². The van der Waals surface area contributed by atoms with Crippen LogP contribution >= 0.6 is 11.6 Å². The number of nitrogens with one attached hydrogen (secondary N) is 1. The van der Waals surface area contributed by atoms with Crippen molar-refractivity contribution in [2.75, 3.05) is 13.1 Å². The van der Waals surface area contributed by atoms with E-state index in [4.69, 9.17) is 11.6 Å². The van der Waals surface area contributed by atoms with Gasteiger partial charge in [0.15, 0.2) is 0 Å². The van der Waals surface area contributed by atoms with Crippen molar-refractivity contribution < 1.29 is 8.78 Å². The molecule has 0 radical (unpaired) electrons. The van der Waals surface area contributed by atoms with Crippen LogP contribution in [0.25, 0.3) is 0 Å². The summed E-state index contributed by atoms with van der Waals surface area (Å²) in [6, 6.07) is 5.06.